The zero-order valence-corrected chi connectivity index (χ0v) is 32.7. The Balaban J connectivity index is 3.98. The third kappa shape index (κ3) is 38.8. The van der Waals surface area contributed by atoms with E-state index in [1.165, 1.54) is 89.9 Å². The van der Waals surface area contributed by atoms with Crippen LogP contribution in [-0.2, 0) is 28.2 Å². The van der Waals surface area contributed by atoms with Gasteiger partial charge in [-0.2, -0.15) is 0 Å². The molecule has 0 heterocycles. The van der Waals surface area contributed by atoms with Crippen molar-refractivity contribution in [2.24, 2.45) is 0 Å². The second kappa shape index (κ2) is 36.8. The molecule has 0 aromatic rings. The van der Waals surface area contributed by atoms with Gasteiger partial charge in [-0.25, -0.2) is 4.57 Å². The molecular weight excluding hydrogens is 651 g/mol. The van der Waals surface area contributed by atoms with Crippen LogP contribution in [0.5, 0.6) is 0 Å². The average molecular weight is 725 g/mol. The first-order valence-electron chi connectivity index (χ1n) is 19.9. The highest BCUT2D eigenvalue weighted by molar-refractivity contribution is 7.46. The van der Waals surface area contributed by atoms with Crippen molar-refractivity contribution < 1.29 is 37.9 Å². The van der Waals surface area contributed by atoms with Crippen LogP contribution in [0.2, 0.25) is 0 Å². The second-order valence-corrected chi connectivity index (χ2v) is 14.5. The van der Waals surface area contributed by atoms with Gasteiger partial charge in [0.15, 0.2) is 6.10 Å². The monoisotopic (exact) mass is 725 g/mol. The summed E-state index contributed by atoms with van der Waals surface area (Å²) in [5.41, 5.74) is 0. The van der Waals surface area contributed by atoms with Gasteiger partial charge < -0.3 is 19.3 Å². The normalized spacial score (nSPS) is 13.0. The van der Waals surface area contributed by atoms with Gasteiger partial charge in [0.2, 0.25) is 0 Å². The summed E-state index contributed by atoms with van der Waals surface area (Å²) in [7, 11) is -4.76. The number of phosphoric acid groups is 1. The summed E-state index contributed by atoms with van der Waals surface area (Å²) >= 11 is 0. The van der Waals surface area contributed by atoms with Crippen LogP contribution in [0.3, 0.4) is 0 Å². The number of allylic oxidation sites excluding steroid dienone is 8. The molecule has 0 aliphatic heterocycles. The van der Waals surface area contributed by atoms with E-state index in [1.54, 1.807) is 0 Å². The number of ether oxygens (including phenoxy) is 2. The smallest absolute Gasteiger partial charge is 0.462 e. The van der Waals surface area contributed by atoms with E-state index in [4.69, 9.17) is 19.3 Å². The van der Waals surface area contributed by atoms with Crippen molar-refractivity contribution >= 4 is 19.8 Å². The molecular formula is C41H73O8P. The fraction of sp³-hybridized carbons (Fsp3) is 0.756. The highest BCUT2D eigenvalue weighted by atomic mass is 31.2. The third-order valence-electron chi connectivity index (χ3n) is 8.36. The van der Waals surface area contributed by atoms with Crippen molar-refractivity contribution in [3.05, 3.63) is 48.6 Å². The summed E-state index contributed by atoms with van der Waals surface area (Å²) in [5.74, 6) is -0.931. The molecule has 0 aromatic heterocycles. The summed E-state index contributed by atoms with van der Waals surface area (Å²) in [6, 6.07) is 0. The molecule has 0 bridgehead atoms. The molecule has 290 valence electrons. The molecule has 0 fully saturated rings. The summed E-state index contributed by atoms with van der Waals surface area (Å²) in [6.07, 6.45) is 44.1. The number of phosphoric ester groups is 1. The number of rotatable bonds is 36. The molecule has 8 nitrogen and oxygen atoms in total. The number of hydrogen-bond donors (Lipinski definition) is 2. The fourth-order valence-corrected chi connectivity index (χ4v) is 5.78. The molecule has 0 aromatic carbocycles. The first-order valence-corrected chi connectivity index (χ1v) is 21.5. The van der Waals surface area contributed by atoms with Gasteiger partial charge in [-0.3, -0.25) is 14.1 Å². The standard InChI is InChI=1S/C41H73O8P/c1-3-5-7-9-11-13-15-17-19-20-22-23-25-27-29-31-33-35-40(42)47-37-39(38-48-50(44,45)46)49-41(43)36-34-32-30-28-26-24-21-18-16-14-12-10-8-6-4-2/h6,8,12,14,18,21,26,28,39H,3-5,7,9-11,13,15-17,19-20,22-25,27,29-38H2,1-2H3,(H2,44,45,46)/b8-6-,14-12-,21-18-,28-26-/t39-/m1/s1. The maximum atomic E-state index is 12.4. The van der Waals surface area contributed by atoms with E-state index in [0.29, 0.717) is 6.42 Å². The van der Waals surface area contributed by atoms with Gasteiger partial charge in [-0.15, -0.1) is 0 Å². The van der Waals surface area contributed by atoms with E-state index >= 15 is 0 Å². The van der Waals surface area contributed by atoms with Crippen LogP contribution in [0, 0.1) is 0 Å². The number of unbranched alkanes of at least 4 members (excludes halogenated alkanes) is 18. The first-order chi connectivity index (χ1) is 24.3. The van der Waals surface area contributed by atoms with Gasteiger partial charge in [0, 0.05) is 12.8 Å². The lowest BCUT2D eigenvalue weighted by molar-refractivity contribution is -0.161. The first kappa shape index (κ1) is 48.0. The number of carbonyl (C=O) groups excluding carboxylic acids is 2. The zero-order valence-electron chi connectivity index (χ0n) is 31.8. The summed E-state index contributed by atoms with van der Waals surface area (Å²) in [4.78, 5) is 42.7. The minimum absolute atomic E-state index is 0.160. The van der Waals surface area contributed by atoms with Crippen molar-refractivity contribution in [1.82, 2.24) is 0 Å². The van der Waals surface area contributed by atoms with Crippen molar-refractivity contribution in [3.8, 4) is 0 Å². The Morgan fingerprint density at radius 2 is 0.960 bits per heavy atom. The zero-order chi connectivity index (χ0) is 36.8. The molecule has 0 saturated heterocycles. The molecule has 0 radical (unpaired) electrons. The fourth-order valence-electron chi connectivity index (χ4n) is 5.42. The predicted molar refractivity (Wildman–Crippen MR) is 207 cm³/mol. The van der Waals surface area contributed by atoms with Gasteiger partial charge in [-0.05, 0) is 51.4 Å². The highest BCUT2D eigenvalue weighted by Crippen LogP contribution is 2.36. The van der Waals surface area contributed by atoms with Gasteiger partial charge in [0.1, 0.15) is 6.61 Å². The second-order valence-electron chi connectivity index (χ2n) is 13.2. The molecule has 1 atom stereocenters. The van der Waals surface area contributed by atoms with Crippen molar-refractivity contribution in [3.63, 3.8) is 0 Å². The Morgan fingerprint density at radius 3 is 1.44 bits per heavy atom. The van der Waals surface area contributed by atoms with Crippen LogP contribution in [0.15, 0.2) is 48.6 Å². The molecule has 0 rings (SSSR count). The summed E-state index contributed by atoms with van der Waals surface area (Å²) < 4.78 is 26.3. The van der Waals surface area contributed by atoms with E-state index in [0.717, 1.165) is 57.8 Å². The molecule has 2 N–H and O–H groups in total. The Kier molecular flexibility index (Phi) is 35.3. The number of carbonyl (C=O) groups is 2. The van der Waals surface area contributed by atoms with Gasteiger partial charge in [-0.1, -0.05) is 165 Å². The average Bonchev–Trinajstić information content (AvgIpc) is 3.08. The Morgan fingerprint density at radius 1 is 0.540 bits per heavy atom. The minimum Gasteiger partial charge on any atom is -0.462 e. The molecule has 0 amide bonds. The van der Waals surface area contributed by atoms with E-state index in [1.807, 2.05) is 0 Å². The van der Waals surface area contributed by atoms with Crippen molar-refractivity contribution in [2.45, 2.75) is 187 Å². The van der Waals surface area contributed by atoms with Gasteiger partial charge in [0.25, 0.3) is 0 Å². The SMILES string of the molecule is CC/C=C\C/C=C\C/C=C\C/C=C\CCCCC(=O)O[C@H](COC(=O)CCCCCCCCCCCCCCCCCCC)COP(=O)(O)O. The number of hydrogen-bond acceptors (Lipinski definition) is 6. The largest absolute Gasteiger partial charge is 0.469 e. The Bertz CT molecular complexity index is 952. The maximum absolute atomic E-state index is 12.4. The van der Waals surface area contributed by atoms with Crippen LogP contribution in [-0.4, -0.2) is 41.0 Å². The molecule has 0 unspecified atom stereocenters. The summed E-state index contributed by atoms with van der Waals surface area (Å²) in [5, 5.41) is 0. The molecule has 0 aliphatic rings. The van der Waals surface area contributed by atoms with E-state index in [-0.39, 0.29) is 19.4 Å². The third-order valence-corrected chi connectivity index (χ3v) is 8.85. The highest BCUT2D eigenvalue weighted by Gasteiger charge is 2.22. The van der Waals surface area contributed by atoms with E-state index in [2.05, 4.69) is 67.0 Å². The molecule has 0 spiro atoms. The topological polar surface area (TPSA) is 119 Å². The van der Waals surface area contributed by atoms with Crippen LogP contribution < -0.4 is 0 Å². The van der Waals surface area contributed by atoms with E-state index in [9.17, 15) is 14.2 Å². The lowest BCUT2D eigenvalue weighted by atomic mass is 10.0. The van der Waals surface area contributed by atoms with Crippen LogP contribution >= 0.6 is 7.82 Å². The van der Waals surface area contributed by atoms with Crippen LogP contribution in [0.4, 0.5) is 0 Å². The molecule has 0 saturated carbocycles. The van der Waals surface area contributed by atoms with Gasteiger partial charge >= 0.3 is 19.8 Å². The lowest BCUT2D eigenvalue weighted by Gasteiger charge is -2.18. The predicted octanol–water partition coefficient (Wildman–Crippen LogP) is 12.0. The lowest BCUT2D eigenvalue weighted by Crippen LogP contribution is -2.29. The van der Waals surface area contributed by atoms with Crippen LogP contribution in [0.25, 0.3) is 0 Å². The Hall–Kier alpha value is -1.99. The molecule has 9 heteroatoms. The quantitative estimate of drug-likeness (QED) is 0.0284. The van der Waals surface area contributed by atoms with E-state index < -0.39 is 32.5 Å². The maximum Gasteiger partial charge on any atom is 0.469 e. The Labute approximate surface area is 305 Å². The molecule has 0 aliphatic carbocycles. The van der Waals surface area contributed by atoms with Gasteiger partial charge in [0.05, 0.1) is 6.61 Å². The van der Waals surface area contributed by atoms with Crippen LogP contribution in [0.1, 0.15) is 181 Å². The number of esters is 2. The van der Waals surface area contributed by atoms with Crippen molar-refractivity contribution in [1.29, 1.82) is 0 Å². The minimum atomic E-state index is -4.76. The molecule has 50 heavy (non-hydrogen) atoms. The summed E-state index contributed by atoms with van der Waals surface area (Å²) in [6.45, 7) is 3.54. The van der Waals surface area contributed by atoms with Crippen molar-refractivity contribution in [2.75, 3.05) is 13.2 Å².